The first-order chi connectivity index (χ1) is 29.7. The van der Waals surface area contributed by atoms with Crippen molar-refractivity contribution >= 4 is 64.1 Å². The summed E-state index contributed by atoms with van der Waals surface area (Å²) in [6.07, 6.45) is 2.42. The van der Waals surface area contributed by atoms with E-state index < -0.39 is 96.5 Å². The molecule has 13 N–H and O–H groups in total. The molecule has 1 aliphatic heterocycles. The van der Waals surface area contributed by atoms with E-state index in [0.717, 1.165) is 10.9 Å². The normalized spacial score (nSPS) is 21.5. The minimum Gasteiger partial charge on any atom is -0.368 e. The molecule has 1 saturated heterocycles. The Morgan fingerprint density at radius 2 is 1.44 bits per heavy atom. The van der Waals surface area contributed by atoms with Crippen LogP contribution in [0.2, 0.25) is 0 Å². The zero-order valence-electron chi connectivity index (χ0n) is 34.7. The van der Waals surface area contributed by atoms with Crippen molar-refractivity contribution in [3.05, 3.63) is 71.9 Å². The van der Waals surface area contributed by atoms with Crippen molar-refractivity contribution in [3.8, 4) is 0 Å². The molecule has 62 heavy (non-hydrogen) atoms. The number of nitrogens with one attached hydrogen (secondary N) is 9. The van der Waals surface area contributed by atoms with Crippen LogP contribution in [0.5, 0.6) is 0 Å². The quantitative estimate of drug-likeness (QED) is 0.0885. The highest BCUT2D eigenvalue weighted by Gasteiger charge is 2.31. The first kappa shape index (κ1) is 47.8. The summed E-state index contributed by atoms with van der Waals surface area (Å²) in [5, 5.41) is 21.5. The fraction of sp³-hybridized carbons (Fsp3) is 0.452. The summed E-state index contributed by atoms with van der Waals surface area (Å²) >= 11 is 0. The van der Waals surface area contributed by atoms with Crippen molar-refractivity contribution < 1.29 is 43.2 Å². The van der Waals surface area contributed by atoms with Crippen LogP contribution in [-0.2, 0) is 56.0 Å². The molecule has 0 radical (unpaired) electrons. The average Bonchev–Trinajstić information content (AvgIpc) is 3.65. The molecule has 4 rings (SSSR count). The van der Waals surface area contributed by atoms with Gasteiger partial charge in [-0.15, -0.1) is 0 Å². The fourth-order valence-electron chi connectivity index (χ4n) is 6.81. The highest BCUT2D eigenvalue weighted by molar-refractivity contribution is 5.97. The molecule has 1 fully saturated rings. The number of H-pyrrole nitrogens is 1. The van der Waals surface area contributed by atoms with E-state index in [0.29, 0.717) is 30.5 Å². The van der Waals surface area contributed by atoms with Gasteiger partial charge in [-0.2, -0.15) is 0 Å². The minimum absolute atomic E-state index is 0.00425. The zero-order chi connectivity index (χ0) is 45.0. The van der Waals surface area contributed by atoms with E-state index in [1.807, 2.05) is 24.3 Å². The number of fused-ring (bicyclic) bond motifs is 1. The SMILES string of the molecule is CC(=O)NCC(=O)NC1CCC(=O)NCCCC(C(N)=O)NC(=O)[C@H](Cc2c[nH]c3ccccc23)NC(=O)CNC(=O)C(Cc2ccccc2)NC(=O)[C@H](CCCCN)NC1=O. The van der Waals surface area contributed by atoms with E-state index in [-0.39, 0.29) is 51.5 Å². The summed E-state index contributed by atoms with van der Waals surface area (Å²) in [5.41, 5.74) is 13.5. The summed E-state index contributed by atoms with van der Waals surface area (Å²) < 4.78 is 0. The number of primary amides is 1. The number of aromatic nitrogens is 1. The first-order valence-corrected chi connectivity index (χ1v) is 20.6. The first-order valence-electron chi connectivity index (χ1n) is 20.6. The van der Waals surface area contributed by atoms with Crippen LogP contribution in [0.15, 0.2) is 60.8 Å². The van der Waals surface area contributed by atoms with E-state index in [1.54, 1.807) is 36.5 Å². The van der Waals surface area contributed by atoms with E-state index in [9.17, 15) is 43.2 Å². The summed E-state index contributed by atoms with van der Waals surface area (Å²) in [5.74, 6) is -6.34. The standard InChI is InChI=1S/C42H57N11O9/c1-25(54)46-23-36(56)49-32-16-17-35(55)45-19-9-15-30(38(44)58)51-42(62)34(21-27-22-47-29-13-6-5-12-28(27)29)50-37(57)24-48-39(59)33(20-26-10-3-2-4-11-26)53-40(60)31(52-41(32)61)14-7-8-18-43/h2-6,10-13,22,30-34,47H,7-9,14-21,23-24,43H2,1H3,(H2,44,58)(H,45,55)(H,46,54)(H,48,59)(H,49,56)(H,50,57)(H,51,62)(H,52,61)(H,53,60)/t30?,31-,32?,33?,34-/m0/s1. The number of benzene rings is 2. The van der Waals surface area contributed by atoms with E-state index in [4.69, 9.17) is 11.5 Å². The Morgan fingerprint density at radius 3 is 2.16 bits per heavy atom. The molecule has 0 aliphatic carbocycles. The van der Waals surface area contributed by atoms with Gasteiger partial charge in [0.2, 0.25) is 53.2 Å². The summed E-state index contributed by atoms with van der Waals surface area (Å²) in [4.78, 5) is 122. The third-order valence-electron chi connectivity index (χ3n) is 10.1. The number of unbranched alkanes of at least 4 members (excludes halogenated alkanes) is 1. The third kappa shape index (κ3) is 15.6. The Hall–Kier alpha value is -6.83. The van der Waals surface area contributed by atoms with Crippen molar-refractivity contribution in [2.24, 2.45) is 11.5 Å². The Labute approximate surface area is 358 Å². The maximum atomic E-state index is 14.0. The number of hydrogen-bond acceptors (Lipinski definition) is 10. The zero-order valence-corrected chi connectivity index (χ0v) is 34.7. The van der Waals surface area contributed by atoms with Gasteiger partial charge in [0.05, 0.1) is 13.1 Å². The number of carbonyl (C=O) groups excluding carboxylic acids is 9. The minimum atomic E-state index is -1.33. The second-order valence-electron chi connectivity index (χ2n) is 15.0. The summed E-state index contributed by atoms with van der Waals surface area (Å²) in [7, 11) is 0. The van der Waals surface area contributed by atoms with Crippen LogP contribution < -0.4 is 54.0 Å². The van der Waals surface area contributed by atoms with Crippen molar-refractivity contribution in [2.45, 2.75) is 94.9 Å². The third-order valence-corrected chi connectivity index (χ3v) is 10.1. The lowest BCUT2D eigenvalue weighted by Gasteiger charge is -2.26. The van der Waals surface area contributed by atoms with E-state index in [2.05, 4.69) is 47.5 Å². The number of aromatic amines is 1. The molecule has 3 aromatic rings. The van der Waals surface area contributed by atoms with Gasteiger partial charge in [0.25, 0.3) is 0 Å². The van der Waals surface area contributed by atoms with Gasteiger partial charge in [0.15, 0.2) is 0 Å². The Balaban J connectivity index is 1.65. The van der Waals surface area contributed by atoms with E-state index in [1.165, 1.54) is 6.92 Å². The number of hydrogen-bond donors (Lipinski definition) is 11. The van der Waals surface area contributed by atoms with Crippen molar-refractivity contribution in [3.63, 3.8) is 0 Å². The molecule has 0 saturated carbocycles. The second-order valence-corrected chi connectivity index (χ2v) is 15.0. The monoisotopic (exact) mass is 859 g/mol. The van der Waals surface area contributed by atoms with Crippen molar-refractivity contribution in [1.82, 2.24) is 47.5 Å². The van der Waals surface area contributed by atoms with Gasteiger partial charge >= 0.3 is 0 Å². The largest absolute Gasteiger partial charge is 0.368 e. The van der Waals surface area contributed by atoms with Gasteiger partial charge in [-0.25, -0.2) is 0 Å². The number of para-hydroxylation sites is 1. The molecule has 20 nitrogen and oxygen atoms in total. The van der Waals surface area contributed by atoms with Crippen LogP contribution in [0.1, 0.15) is 63.0 Å². The molecule has 1 aromatic heterocycles. The number of amides is 9. The van der Waals surface area contributed by atoms with Gasteiger partial charge in [0.1, 0.15) is 30.2 Å². The van der Waals surface area contributed by atoms with Crippen LogP contribution in [0.25, 0.3) is 10.9 Å². The number of nitrogens with two attached hydrogens (primary N) is 2. The average molecular weight is 860 g/mol. The van der Waals surface area contributed by atoms with Gasteiger partial charge < -0.3 is 59.0 Å². The van der Waals surface area contributed by atoms with Crippen molar-refractivity contribution in [1.29, 1.82) is 0 Å². The molecule has 3 unspecified atom stereocenters. The maximum Gasteiger partial charge on any atom is 0.243 e. The molecular formula is C42H57N11O9. The van der Waals surface area contributed by atoms with Crippen LogP contribution in [0.4, 0.5) is 0 Å². The molecule has 1 aliphatic rings. The predicted octanol–water partition coefficient (Wildman–Crippen LogP) is -2.07. The van der Waals surface area contributed by atoms with Crippen LogP contribution in [-0.4, -0.2) is 115 Å². The maximum absolute atomic E-state index is 14.0. The molecule has 9 amide bonds. The van der Waals surface area contributed by atoms with Crippen LogP contribution in [0.3, 0.4) is 0 Å². The van der Waals surface area contributed by atoms with Gasteiger partial charge in [-0.3, -0.25) is 43.2 Å². The summed E-state index contributed by atoms with van der Waals surface area (Å²) in [6.45, 7) is 0.498. The molecule has 0 bridgehead atoms. The van der Waals surface area contributed by atoms with Gasteiger partial charge in [-0.1, -0.05) is 48.5 Å². The van der Waals surface area contributed by atoms with Gasteiger partial charge in [0, 0.05) is 49.8 Å². The highest BCUT2D eigenvalue weighted by Crippen LogP contribution is 2.19. The number of rotatable bonds is 12. The van der Waals surface area contributed by atoms with Crippen LogP contribution >= 0.6 is 0 Å². The lowest BCUT2D eigenvalue weighted by molar-refractivity contribution is -0.134. The smallest absolute Gasteiger partial charge is 0.243 e. The molecule has 334 valence electrons. The Kier molecular flexibility index (Phi) is 18.9. The fourth-order valence-corrected chi connectivity index (χ4v) is 6.81. The Morgan fingerprint density at radius 1 is 0.742 bits per heavy atom. The van der Waals surface area contributed by atoms with Crippen LogP contribution in [0, 0.1) is 0 Å². The molecule has 20 heteroatoms. The lowest BCUT2D eigenvalue weighted by atomic mass is 10.0. The van der Waals surface area contributed by atoms with Crippen molar-refractivity contribution in [2.75, 3.05) is 26.2 Å². The second kappa shape index (κ2) is 24.4. The number of carbonyl (C=O) groups is 9. The van der Waals surface area contributed by atoms with Gasteiger partial charge in [-0.05, 0) is 62.3 Å². The molecular weight excluding hydrogens is 803 g/mol. The molecule has 2 heterocycles. The summed E-state index contributed by atoms with van der Waals surface area (Å²) in [6, 6.07) is 9.89. The Bertz CT molecular complexity index is 2060. The predicted molar refractivity (Wildman–Crippen MR) is 227 cm³/mol. The molecule has 2 aromatic carbocycles. The highest BCUT2D eigenvalue weighted by atomic mass is 16.2. The van der Waals surface area contributed by atoms with E-state index >= 15 is 0 Å². The molecule has 0 spiro atoms. The topological polar surface area (TPSA) is 318 Å². The lowest BCUT2D eigenvalue weighted by Crippen LogP contribution is -2.58. The molecule has 5 atom stereocenters.